The Morgan fingerprint density at radius 3 is 2.78 bits per heavy atom. The van der Waals surface area contributed by atoms with E-state index in [0.29, 0.717) is 5.92 Å². The number of nitrogens with one attached hydrogen (secondary N) is 2. The third-order valence-corrected chi connectivity index (χ3v) is 5.96. The second-order valence-corrected chi connectivity index (χ2v) is 8.20. The van der Waals surface area contributed by atoms with Crippen molar-refractivity contribution in [1.82, 2.24) is 25.4 Å². The molecule has 4 rings (SSSR count). The van der Waals surface area contributed by atoms with Gasteiger partial charge in [0.1, 0.15) is 17.9 Å². The number of aliphatic imine (C=N–C) groups is 1. The van der Waals surface area contributed by atoms with Gasteiger partial charge in [0.05, 0.1) is 6.26 Å². The van der Waals surface area contributed by atoms with Crippen LogP contribution in [0.2, 0.25) is 0 Å². The van der Waals surface area contributed by atoms with E-state index in [1.807, 2.05) is 18.2 Å². The fraction of sp³-hybridized carbons (Fsp3) is 0.458. The lowest BCUT2D eigenvalue weighted by Gasteiger charge is -2.33. The normalized spacial score (nSPS) is 15.2. The van der Waals surface area contributed by atoms with Crippen molar-refractivity contribution >= 4 is 11.6 Å². The van der Waals surface area contributed by atoms with Crippen LogP contribution in [-0.4, -0.2) is 65.8 Å². The Morgan fingerprint density at radius 1 is 1.22 bits per heavy atom. The Bertz CT molecular complexity index is 917. The maximum atomic E-state index is 5.47. The van der Waals surface area contributed by atoms with Gasteiger partial charge in [-0.3, -0.25) is 10.1 Å². The third-order valence-electron chi connectivity index (χ3n) is 5.96. The Balaban J connectivity index is 1.30. The average molecular weight is 436 g/mol. The number of anilines is 1. The number of hydrogen-bond donors (Lipinski definition) is 2. The van der Waals surface area contributed by atoms with Crippen molar-refractivity contribution in [3.05, 3.63) is 66.6 Å². The van der Waals surface area contributed by atoms with E-state index in [1.54, 1.807) is 12.6 Å². The molecule has 1 fully saturated rings. The Kier molecular flexibility index (Phi) is 7.79. The zero-order valence-electron chi connectivity index (χ0n) is 18.8. The van der Waals surface area contributed by atoms with Gasteiger partial charge in [-0.05, 0) is 43.5 Å². The standard InChI is InChI=1S/C24H33N7O/c1-30(21-7-3-2-4-8-21)15-6-13-25-24(26-14-10-22-9-5-18-32-22)31-16-11-20(12-17-31)23-27-19-28-29-23/h2-5,7-9,18-20H,6,10-17H2,1H3,(H,25,26)(H,27,28,29). The summed E-state index contributed by atoms with van der Waals surface area (Å²) in [5.41, 5.74) is 1.24. The molecule has 2 aromatic heterocycles. The first-order valence-electron chi connectivity index (χ1n) is 11.5. The van der Waals surface area contributed by atoms with Gasteiger partial charge in [0.2, 0.25) is 0 Å². The lowest BCUT2D eigenvalue weighted by atomic mass is 9.96. The molecule has 2 N–H and O–H groups in total. The molecule has 1 aromatic carbocycles. The smallest absolute Gasteiger partial charge is 0.193 e. The van der Waals surface area contributed by atoms with Crippen LogP contribution in [0.5, 0.6) is 0 Å². The van der Waals surface area contributed by atoms with Crippen molar-refractivity contribution in [3.8, 4) is 0 Å². The molecule has 1 saturated heterocycles. The second kappa shape index (κ2) is 11.4. The first-order chi connectivity index (χ1) is 15.8. The average Bonchev–Trinajstić information content (AvgIpc) is 3.56. The van der Waals surface area contributed by atoms with E-state index < -0.39 is 0 Å². The van der Waals surface area contributed by atoms with Crippen LogP contribution in [-0.2, 0) is 6.42 Å². The minimum absolute atomic E-state index is 0.442. The lowest BCUT2D eigenvalue weighted by molar-refractivity contribution is 0.298. The molecule has 3 aromatic rings. The van der Waals surface area contributed by atoms with Crippen molar-refractivity contribution in [1.29, 1.82) is 0 Å². The Hall–Kier alpha value is -3.29. The molecule has 0 amide bonds. The molecule has 3 heterocycles. The molecule has 0 spiro atoms. The number of likely N-dealkylation sites (tertiary alicyclic amines) is 1. The number of guanidine groups is 1. The zero-order chi connectivity index (χ0) is 22.0. The van der Waals surface area contributed by atoms with Gasteiger partial charge >= 0.3 is 0 Å². The van der Waals surface area contributed by atoms with Gasteiger partial charge < -0.3 is 19.5 Å². The number of H-pyrrole nitrogens is 1. The van der Waals surface area contributed by atoms with Gasteiger partial charge in [0.15, 0.2) is 5.96 Å². The summed E-state index contributed by atoms with van der Waals surface area (Å²) in [6, 6.07) is 14.4. The van der Waals surface area contributed by atoms with E-state index >= 15 is 0 Å². The highest BCUT2D eigenvalue weighted by Gasteiger charge is 2.24. The van der Waals surface area contributed by atoms with Crippen LogP contribution in [0.4, 0.5) is 5.69 Å². The quantitative estimate of drug-likeness (QED) is 0.305. The molecule has 8 heteroatoms. The van der Waals surface area contributed by atoms with Gasteiger partial charge in [0.25, 0.3) is 0 Å². The summed E-state index contributed by atoms with van der Waals surface area (Å²) in [5.74, 6) is 3.43. The largest absolute Gasteiger partial charge is 0.469 e. The number of rotatable bonds is 9. The van der Waals surface area contributed by atoms with Gasteiger partial charge in [-0.25, -0.2) is 4.98 Å². The van der Waals surface area contributed by atoms with Crippen LogP contribution in [0, 0.1) is 0 Å². The number of aromatic nitrogens is 3. The monoisotopic (exact) mass is 435 g/mol. The van der Waals surface area contributed by atoms with Crippen molar-refractivity contribution in [2.24, 2.45) is 4.99 Å². The highest BCUT2D eigenvalue weighted by Crippen LogP contribution is 2.25. The first kappa shape index (κ1) is 21.9. The molecule has 1 aliphatic rings. The summed E-state index contributed by atoms with van der Waals surface area (Å²) in [4.78, 5) is 14.0. The molecule has 0 saturated carbocycles. The summed E-state index contributed by atoms with van der Waals surface area (Å²) in [6.07, 6.45) is 7.26. The molecule has 1 aliphatic heterocycles. The van der Waals surface area contributed by atoms with E-state index in [0.717, 1.165) is 76.0 Å². The number of hydrogen-bond acceptors (Lipinski definition) is 5. The van der Waals surface area contributed by atoms with Crippen molar-refractivity contribution in [3.63, 3.8) is 0 Å². The fourth-order valence-electron chi connectivity index (χ4n) is 4.10. The third kappa shape index (κ3) is 6.12. The minimum Gasteiger partial charge on any atom is -0.469 e. The predicted octanol–water partition coefficient (Wildman–Crippen LogP) is 3.29. The van der Waals surface area contributed by atoms with Crippen molar-refractivity contribution < 1.29 is 4.42 Å². The van der Waals surface area contributed by atoms with Crippen LogP contribution in [0.3, 0.4) is 0 Å². The summed E-state index contributed by atoms with van der Waals surface area (Å²) in [6.45, 7) is 4.49. The van der Waals surface area contributed by atoms with Crippen LogP contribution in [0.25, 0.3) is 0 Å². The molecule has 0 unspecified atom stereocenters. The molecule has 0 aliphatic carbocycles. The Labute approximate surface area is 189 Å². The molecule has 0 bridgehead atoms. The predicted molar refractivity (Wildman–Crippen MR) is 127 cm³/mol. The van der Waals surface area contributed by atoms with Gasteiger partial charge in [-0.1, -0.05) is 18.2 Å². The number of piperidine rings is 1. The molecule has 170 valence electrons. The maximum absolute atomic E-state index is 5.47. The Morgan fingerprint density at radius 2 is 2.06 bits per heavy atom. The van der Waals surface area contributed by atoms with Crippen molar-refractivity contribution in [2.45, 2.75) is 31.6 Å². The van der Waals surface area contributed by atoms with Crippen LogP contribution >= 0.6 is 0 Å². The zero-order valence-corrected chi connectivity index (χ0v) is 18.8. The number of nitrogens with zero attached hydrogens (tertiary/aromatic N) is 5. The fourth-order valence-corrected chi connectivity index (χ4v) is 4.10. The summed E-state index contributed by atoms with van der Waals surface area (Å²) in [7, 11) is 2.13. The van der Waals surface area contributed by atoms with E-state index in [9.17, 15) is 0 Å². The summed E-state index contributed by atoms with van der Waals surface area (Å²) < 4.78 is 5.47. The number of aromatic amines is 1. The highest BCUT2D eigenvalue weighted by molar-refractivity contribution is 5.80. The van der Waals surface area contributed by atoms with E-state index in [-0.39, 0.29) is 0 Å². The number of para-hydroxylation sites is 1. The van der Waals surface area contributed by atoms with Crippen LogP contribution in [0.1, 0.15) is 36.8 Å². The number of benzene rings is 1. The molecular weight excluding hydrogens is 402 g/mol. The summed E-state index contributed by atoms with van der Waals surface area (Å²) in [5, 5.41) is 10.6. The van der Waals surface area contributed by atoms with Crippen molar-refractivity contribution in [2.75, 3.05) is 44.7 Å². The van der Waals surface area contributed by atoms with Crippen LogP contribution in [0.15, 0.2) is 64.5 Å². The van der Waals surface area contributed by atoms with Crippen LogP contribution < -0.4 is 10.2 Å². The maximum Gasteiger partial charge on any atom is 0.193 e. The molecule has 0 radical (unpaired) electrons. The van der Waals surface area contributed by atoms with Gasteiger partial charge in [0, 0.05) is 57.8 Å². The SMILES string of the molecule is CN(CCCN=C(NCCc1ccco1)N1CCC(c2ncn[nH]2)CC1)c1ccccc1. The molecule has 32 heavy (non-hydrogen) atoms. The highest BCUT2D eigenvalue weighted by atomic mass is 16.3. The topological polar surface area (TPSA) is 85.6 Å². The molecular formula is C24H33N7O. The molecule has 8 nitrogen and oxygen atoms in total. The first-order valence-corrected chi connectivity index (χ1v) is 11.5. The van der Waals surface area contributed by atoms with Gasteiger partial charge in [-0.2, -0.15) is 5.10 Å². The van der Waals surface area contributed by atoms with E-state index in [1.165, 1.54) is 5.69 Å². The number of furan rings is 1. The lowest BCUT2D eigenvalue weighted by Crippen LogP contribution is -2.46. The second-order valence-electron chi connectivity index (χ2n) is 8.20. The van der Waals surface area contributed by atoms with E-state index in [2.05, 4.69) is 61.6 Å². The minimum atomic E-state index is 0.442. The summed E-state index contributed by atoms with van der Waals surface area (Å²) >= 11 is 0. The molecule has 0 atom stereocenters. The van der Waals surface area contributed by atoms with Gasteiger partial charge in [-0.15, -0.1) is 0 Å². The van der Waals surface area contributed by atoms with E-state index in [4.69, 9.17) is 9.41 Å².